The molecule has 0 atom stereocenters. The van der Waals surface area contributed by atoms with E-state index in [4.69, 9.17) is 22.1 Å². The molecule has 1 aromatic carbocycles. The average molecular weight is 218 g/mol. The summed E-state index contributed by atoms with van der Waals surface area (Å²) < 4.78 is 17.9. The molecule has 3 nitrogen and oxygen atoms in total. The topological polar surface area (TPSA) is 52.3 Å². The van der Waals surface area contributed by atoms with Gasteiger partial charge in [-0.05, 0) is 12.1 Å². The molecule has 14 heavy (non-hydrogen) atoms. The molecule has 0 saturated heterocycles. The van der Waals surface area contributed by atoms with Crippen molar-refractivity contribution < 1.29 is 13.9 Å². The molecule has 0 aliphatic heterocycles. The molecule has 0 amide bonds. The van der Waals surface area contributed by atoms with Gasteiger partial charge in [-0.15, -0.1) is 0 Å². The number of hydrogen-bond acceptors (Lipinski definition) is 3. The second-order valence-corrected chi connectivity index (χ2v) is 3.03. The van der Waals surface area contributed by atoms with Crippen LogP contribution in [-0.2, 0) is 0 Å². The van der Waals surface area contributed by atoms with Crippen LogP contribution in [0.5, 0.6) is 5.75 Å². The molecule has 0 spiro atoms. The van der Waals surface area contributed by atoms with Crippen molar-refractivity contribution in [1.29, 1.82) is 0 Å². The van der Waals surface area contributed by atoms with Crippen molar-refractivity contribution in [1.82, 2.24) is 0 Å². The summed E-state index contributed by atoms with van der Waals surface area (Å²) >= 11 is 5.59. The Morgan fingerprint density at radius 1 is 1.64 bits per heavy atom. The number of rotatable bonds is 3. The van der Waals surface area contributed by atoms with E-state index in [1.807, 2.05) is 0 Å². The van der Waals surface area contributed by atoms with E-state index in [2.05, 4.69) is 0 Å². The maximum absolute atomic E-state index is 13.2. The number of hydrogen-bond donors (Lipinski definition) is 1. The zero-order valence-electron chi connectivity index (χ0n) is 7.51. The molecule has 0 radical (unpaired) electrons. The Labute approximate surface area is 85.6 Å². The molecule has 0 aromatic heterocycles. The fraction of sp³-hybridized carbons (Fsp3) is 0.222. The van der Waals surface area contributed by atoms with Crippen LogP contribution >= 0.6 is 11.6 Å². The predicted octanol–water partition coefficient (Wildman–Crippen LogP) is 1.63. The first-order chi connectivity index (χ1) is 6.60. The van der Waals surface area contributed by atoms with Crippen LogP contribution in [0.25, 0.3) is 0 Å². The number of ether oxygens (including phenoxy) is 1. The minimum Gasteiger partial charge on any atom is -0.493 e. The van der Waals surface area contributed by atoms with E-state index in [1.165, 1.54) is 13.2 Å². The SMILES string of the molecule is COc1c(F)cc(Cl)cc1C(=O)CN. The van der Waals surface area contributed by atoms with Crippen LogP contribution in [0.3, 0.4) is 0 Å². The zero-order valence-corrected chi connectivity index (χ0v) is 8.27. The van der Waals surface area contributed by atoms with Crippen molar-refractivity contribution in [2.24, 2.45) is 5.73 Å². The van der Waals surface area contributed by atoms with E-state index in [1.54, 1.807) is 0 Å². The lowest BCUT2D eigenvalue weighted by atomic mass is 10.1. The normalized spacial score (nSPS) is 10.0. The van der Waals surface area contributed by atoms with Gasteiger partial charge in [0, 0.05) is 5.02 Å². The zero-order chi connectivity index (χ0) is 10.7. The molecule has 0 aliphatic carbocycles. The summed E-state index contributed by atoms with van der Waals surface area (Å²) in [4.78, 5) is 11.3. The molecule has 1 rings (SSSR count). The van der Waals surface area contributed by atoms with Crippen molar-refractivity contribution >= 4 is 17.4 Å². The number of carbonyl (C=O) groups is 1. The molecular weight excluding hydrogens is 209 g/mol. The van der Waals surface area contributed by atoms with Crippen LogP contribution < -0.4 is 10.5 Å². The van der Waals surface area contributed by atoms with E-state index in [-0.39, 0.29) is 22.9 Å². The first kappa shape index (κ1) is 10.9. The molecule has 5 heteroatoms. The summed E-state index contributed by atoms with van der Waals surface area (Å²) in [5.74, 6) is -1.20. The lowest BCUT2D eigenvalue weighted by molar-refractivity contribution is 0.0997. The van der Waals surface area contributed by atoms with Gasteiger partial charge in [-0.1, -0.05) is 11.6 Å². The van der Waals surface area contributed by atoms with Gasteiger partial charge in [0.25, 0.3) is 0 Å². The minimum absolute atomic E-state index is 0.0694. The van der Waals surface area contributed by atoms with Gasteiger partial charge in [-0.2, -0.15) is 0 Å². The number of methoxy groups -OCH3 is 1. The Morgan fingerprint density at radius 3 is 2.79 bits per heavy atom. The quantitative estimate of drug-likeness (QED) is 0.783. The Morgan fingerprint density at radius 2 is 2.29 bits per heavy atom. The standard InChI is InChI=1S/C9H9ClFNO2/c1-14-9-6(8(13)4-12)2-5(10)3-7(9)11/h2-3H,4,12H2,1H3. The summed E-state index contributed by atoms with van der Waals surface area (Å²) in [7, 11) is 1.28. The highest BCUT2D eigenvalue weighted by molar-refractivity contribution is 6.31. The number of nitrogens with two attached hydrogens (primary N) is 1. The van der Waals surface area contributed by atoms with E-state index >= 15 is 0 Å². The van der Waals surface area contributed by atoms with Gasteiger partial charge in [-0.3, -0.25) is 4.79 Å². The molecule has 0 fully saturated rings. The fourth-order valence-corrected chi connectivity index (χ4v) is 1.29. The van der Waals surface area contributed by atoms with Crippen molar-refractivity contribution in [3.63, 3.8) is 0 Å². The van der Waals surface area contributed by atoms with Crippen molar-refractivity contribution in [2.45, 2.75) is 0 Å². The molecule has 1 aromatic rings. The summed E-state index contributed by atoms with van der Waals surface area (Å²) in [6.07, 6.45) is 0. The van der Waals surface area contributed by atoms with Crippen LogP contribution in [0, 0.1) is 5.82 Å². The summed E-state index contributed by atoms with van der Waals surface area (Å²) in [5.41, 5.74) is 5.23. The maximum atomic E-state index is 13.2. The largest absolute Gasteiger partial charge is 0.493 e. The molecule has 0 unspecified atom stereocenters. The Balaban J connectivity index is 3.32. The highest BCUT2D eigenvalue weighted by Gasteiger charge is 2.16. The van der Waals surface area contributed by atoms with E-state index < -0.39 is 11.6 Å². The van der Waals surface area contributed by atoms with Gasteiger partial charge in [0.1, 0.15) is 0 Å². The first-order valence-electron chi connectivity index (χ1n) is 3.86. The minimum atomic E-state index is -0.670. The number of benzene rings is 1. The van der Waals surface area contributed by atoms with Gasteiger partial charge in [-0.25, -0.2) is 4.39 Å². The van der Waals surface area contributed by atoms with Crippen LogP contribution in [0.2, 0.25) is 5.02 Å². The van der Waals surface area contributed by atoms with Crippen LogP contribution in [-0.4, -0.2) is 19.4 Å². The number of Topliss-reactive ketones (excluding diaryl/α,β-unsaturated/α-hetero) is 1. The predicted molar refractivity (Wildman–Crippen MR) is 51.3 cm³/mol. The van der Waals surface area contributed by atoms with Crippen LogP contribution in [0.4, 0.5) is 4.39 Å². The van der Waals surface area contributed by atoms with E-state index in [9.17, 15) is 9.18 Å². The highest BCUT2D eigenvalue weighted by Crippen LogP contribution is 2.26. The summed E-state index contributed by atoms with van der Waals surface area (Å²) in [6, 6.07) is 2.41. The fourth-order valence-electron chi connectivity index (χ4n) is 1.08. The van der Waals surface area contributed by atoms with Crippen LogP contribution in [0.1, 0.15) is 10.4 Å². The molecule has 0 saturated carbocycles. The third-order valence-corrected chi connectivity index (χ3v) is 1.92. The molecule has 0 bridgehead atoms. The summed E-state index contributed by atoms with van der Waals surface area (Å²) in [6.45, 7) is -0.212. The lowest BCUT2D eigenvalue weighted by Gasteiger charge is -2.07. The number of carbonyl (C=O) groups excluding carboxylic acids is 1. The smallest absolute Gasteiger partial charge is 0.180 e. The van der Waals surface area contributed by atoms with Gasteiger partial charge >= 0.3 is 0 Å². The Hall–Kier alpha value is -1.13. The second kappa shape index (κ2) is 4.39. The Kier molecular flexibility index (Phi) is 3.43. The average Bonchev–Trinajstić information content (AvgIpc) is 2.15. The van der Waals surface area contributed by atoms with E-state index in [0.717, 1.165) is 6.07 Å². The van der Waals surface area contributed by atoms with Crippen molar-refractivity contribution in [3.8, 4) is 5.75 Å². The Bertz CT molecular complexity index is 368. The van der Waals surface area contributed by atoms with Gasteiger partial charge in [0.2, 0.25) is 0 Å². The van der Waals surface area contributed by atoms with Crippen molar-refractivity contribution in [3.05, 3.63) is 28.5 Å². The molecule has 2 N–H and O–H groups in total. The third-order valence-electron chi connectivity index (χ3n) is 1.70. The monoisotopic (exact) mass is 217 g/mol. The maximum Gasteiger partial charge on any atom is 0.180 e. The van der Waals surface area contributed by atoms with Crippen molar-refractivity contribution in [2.75, 3.05) is 13.7 Å². The molecule has 0 aliphatic rings. The molecule has 0 heterocycles. The molecular formula is C9H9ClFNO2. The molecule has 76 valence electrons. The van der Waals surface area contributed by atoms with Gasteiger partial charge in [0.05, 0.1) is 19.2 Å². The number of ketones is 1. The first-order valence-corrected chi connectivity index (χ1v) is 4.24. The lowest BCUT2D eigenvalue weighted by Crippen LogP contribution is -2.15. The second-order valence-electron chi connectivity index (χ2n) is 2.60. The van der Waals surface area contributed by atoms with Crippen LogP contribution in [0.15, 0.2) is 12.1 Å². The summed E-state index contributed by atoms with van der Waals surface area (Å²) in [5, 5.41) is 0.139. The number of halogens is 2. The van der Waals surface area contributed by atoms with E-state index in [0.29, 0.717) is 0 Å². The van der Waals surface area contributed by atoms with Gasteiger partial charge in [0.15, 0.2) is 17.3 Å². The third kappa shape index (κ3) is 2.02. The van der Waals surface area contributed by atoms with Gasteiger partial charge < -0.3 is 10.5 Å². The highest BCUT2D eigenvalue weighted by atomic mass is 35.5.